The highest BCUT2D eigenvalue weighted by Crippen LogP contribution is 2.11. The molecule has 0 saturated carbocycles. The van der Waals surface area contributed by atoms with Crippen LogP contribution < -0.4 is 10.6 Å². The number of ether oxygens (including phenoxy) is 1. The zero-order valence-electron chi connectivity index (χ0n) is 11.8. The van der Waals surface area contributed by atoms with Crippen LogP contribution in [-0.2, 0) is 9.53 Å². The molecule has 3 amide bonds. The van der Waals surface area contributed by atoms with Crippen molar-refractivity contribution in [3.63, 3.8) is 0 Å². The fourth-order valence-corrected chi connectivity index (χ4v) is 2.41. The molecular formula is C14H23N3O3. The molecule has 112 valence electrons. The van der Waals surface area contributed by atoms with Gasteiger partial charge in [0.15, 0.2) is 0 Å². The number of urea groups is 1. The first-order valence-electron chi connectivity index (χ1n) is 7.33. The molecule has 0 unspecified atom stereocenters. The van der Waals surface area contributed by atoms with Crippen molar-refractivity contribution in [1.29, 1.82) is 0 Å². The highest BCUT2D eigenvalue weighted by Gasteiger charge is 2.18. The topological polar surface area (TPSA) is 70.7 Å². The molecule has 0 aliphatic carbocycles. The minimum absolute atomic E-state index is 0.184. The van der Waals surface area contributed by atoms with Crippen LogP contribution in [0.1, 0.15) is 32.1 Å². The normalized spacial score (nSPS) is 19.1. The van der Waals surface area contributed by atoms with Gasteiger partial charge in [0.05, 0.1) is 13.2 Å². The van der Waals surface area contributed by atoms with E-state index in [1.165, 1.54) is 5.57 Å². The number of carbonyl (C=O) groups is 2. The number of nitrogens with one attached hydrogen (secondary N) is 2. The summed E-state index contributed by atoms with van der Waals surface area (Å²) in [4.78, 5) is 24.8. The van der Waals surface area contributed by atoms with Crippen LogP contribution in [0.5, 0.6) is 0 Å². The molecule has 2 saturated heterocycles. The molecule has 6 heteroatoms. The number of amides is 3. The van der Waals surface area contributed by atoms with Gasteiger partial charge in [-0.25, -0.2) is 4.79 Å². The van der Waals surface area contributed by atoms with Crippen LogP contribution >= 0.6 is 0 Å². The standard InChI is InChI=1S/C14H23N3O3/c18-13-3-1-7-17(13)8-2-6-15-14(19)16-11-12-4-9-20-10-5-12/h11H,1-10H2,(H2,15,16,19). The van der Waals surface area contributed by atoms with E-state index in [0.717, 1.165) is 52.0 Å². The number of nitrogens with zero attached hydrogens (tertiary/aromatic N) is 1. The fourth-order valence-electron chi connectivity index (χ4n) is 2.41. The molecule has 2 rings (SSSR count). The Morgan fingerprint density at radius 2 is 2.10 bits per heavy atom. The van der Waals surface area contributed by atoms with E-state index in [2.05, 4.69) is 10.6 Å². The number of likely N-dealkylation sites (tertiary alicyclic amines) is 1. The summed E-state index contributed by atoms with van der Waals surface area (Å²) in [5, 5.41) is 5.54. The molecule has 0 bridgehead atoms. The minimum atomic E-state index is -0.184. The average molecular weight is 281 g/mol. The molecule has 2 heterocycles. The van der Waals surface area contributed by atoms with Crippen molar-refractivity contribution in [2.45, 2.75) is 32.1 Å². The summed E-state index contributed by atoms with van der Waals surface area (Å²) in [5.41, 5.74) is 1.22. The molecular weight excluding hydrogens is 258 g/mol. The van der Waals surface area contributed by atoms with Crippen molar-refractivity contribution < 1.29 is 14.3 Å². The van der Waals surface area contributed by atoms with Gasteiger partial charge in [0.25, 0.3) is 0 Å². The Labute approximate surface area is 119 Å². The lowest BCUT2D eigenvalue weighted by Gasteiger charge is -2.16. The maximum Gasteiger partial charge on any atom is 0.318 e. The second-order valence-electron chi connectivity index (χ2n) is 5.15. The molecule has 2 aliphatic heterocycles. The third-order valence-corrected chi connectivity index (χ3v) is 3.60. The second-order valence-corrected chi connectivity index (χ2v) is 5.15. The van der Waals surface area contributed by atoms with E-state index in [0.29, 0.717) is 13.0 Å². The van der Waals surface area contributed by atoms with Crippen LogP contribution in [0.25, 0.3) is 0 Å². The average Bonchev–Trinajstić information content (AvgIpc) is 2.88. The SMILES string of the molecule is O=C(NC=C1CCOCC1)NCCCN1CCCC1=O. The Bertz CT molecular complexity index is 374. The van der Waals surface area contributed by atoms with Gasteiger partial charge >= 0.3 is 6.03 Å². The lowest BCUT2D eigenvalue weighted by molar-refractivity contribution is -0.127. The maximum absolute atomic E-state index is 11.6. The molecule has 2 aliphatic rings. The van der Waals surface area contributed by atoms with E-state index in [-0.39, 0.29) is 11.9 Å². The Morgan fingerprint density at radius 1 is 1.30 bits per heavy atom. The molecule has 2 fully saturated rings. The zero-order chi connectivity index (χ0) is 14.2. The Kier molecular flexibility index (Phi) is 5.86. The molecule has 0 radical (unpaired) electrons. The van der Waals surface area contributed by atoms with Gasteiger partial charge in [0.2, 0.25) is 5.91 Å². The van der Waals surface area contributed by atoms with Crippen LogP contribution in [0.2, 0.25) is 0 Å². The quantitative estimate of drug-likeness (QED) is 0.738. The first-order chi connectivity index (χ1) is 9.75. The molecule has 0 aromatic carbocycles. The van der Waals surface area contributed by atoms with Gasteiger partial charge in [-0.05, 0) is 31.3 Å². The van der Waals surface area contributed by atoms with Gasteiger partial charge in [-0.3, -0.25) is 4.79 Å². The van der Waals surface area contributed by atoms with Crippen molar-refractivity contribution in [3.05, 3.63) is 11.8 Å². The van der Waals surface area contributed by atoms with Gasteiger partial charge in [-0.1, -0.05) is 0 Å². The van der Waals surface area contributed by atoms with Gasteiger partial charge in [-0.2, -0.15) is 0 Å². The van der Waals surface area contributed by atoms with Crippen LogP contribution in [-0.4, -0.2) is 49.7 Å². The molecule has 0 spiro atoms. The van der Waals surface area contributed by atoms with E-state index in [4.69, 9.17) is 4.74 Å². The molecule has 0 aromatic heterocycles. The molecule has 20 heavy (non-hydrogen) atoms. The van der Waals surface area contributed by atoms with Gasteiger partial charge in [-0.15, -0.1) is 0 Å². The van der Waals surface area contributed by atoms with Crippen LogP contribution in [0.15, 0.2) is 11.8 Å². The largest absolute Gasteiger partial charge is 0.381 e. The Hall–Kier alpha value is -1.56. The van der Waals surface area contributed by atoms with Crippen molar-refractivity contribution in [1.82, 2.24) is 15.5 Å². The predicted octanol–water partition coefficient (Wildman–Crippen LogP) is 0.992. The predicted molar refractivity (Wildman–Crippen MR) is 75.1 cm³/mol. The Balaban J connectivity index is 1.54. The maximum atomic E-state index is 11.6. The van der Waals surface area contributed by atoms with Crippen LogP contribution in [0.3, 0.4) is 0 Å². The lowest BCUT2D eigenvalue weighted by atomic mass is 10.1. The first kappa shape index (κ1) is 14.8. The number of carbonyl (C=O) groups excluding carboxylic acids is 2. The van der Waals surface area contributed by atoms with Gasteiger partial charge in [0.1, 0.15) is 0 Å². The Morgan fingerprint density at radius 3 is 2.80 bits per heavy atom. The summed E-state index contributed by atoms with van der Waals surface area (Å²) in [6.45, 7) is 3.65. The van der Waals surface area contributed by atoms with E-state index < -0.39 is 0 Å². The van der Waals surface area contributed by atoms with Crippen molar-refractivity contribution in [2.24, 2.45) is 0 Å². The smallest absolute Gasteiger partial charge is 0.318 e. The third kappa shape index (κ3) is 4.85. The van der Waals surface area contributed by atoms with E-state index in [1.54, 1.807) is 6.20 Å². The number of hydrogen-bond acceptors (Lipinski definition) is 3. The molecule has 2 N–H and O–H groups in total. The van der Waals surface area contributed by atoms with Gasteiger partial charge < -0.3 is 20.3 Å². The minimum Gasteiger partial charge on any atom is -0.381 e. The summed E-state index contributed by atoms with van der Waals surface area (Å²) in [6.07, 6.45) is 5.98. The van der Waals surface area contributed by atoms with Crippen molar-refractivity contribution in [2.75, 3.05) is 32.8 Å². The van der Waals surface area contributed by atoms with E-state index >= 15 is 0 Å². The third-order valence-electron chi connectivity index (χ3n) is 3.60. The monoisotopic (exact) mass is 281 g/mol. The second kappa shape index (κ2) is 7.89. The lowest BCUT2D eigenvalue weighted by Crippen LogP contribution is -2.35. The van der Waals surface area contributed by atoms with Crippen molar-refractivity contribution in [3.8, 4) is 0 Å². The van der Waals surface area contributed by atoms with E-state index in [1.807, 2.05) is 4.90 Å². The summed E-state index contributed by atoms with van der Waals surface area (Å²) in [7, 11) is 0. The summed E-state index contributed by atoms with van der Waals surface area (Å²) in [6, 6.07) is -0.184. The summed E-state index contributed by atoms with van der Waals surface area (Å²) in [5.74, 6) is 0.235. The van der Waals surface area contributed by atoms with E-state index in [9.17, 15) is 9.59 Å². The van der Waals surface area contributed by atoms with Crippen LogP contribution in [0.4, 0.5) is 4.79 Å². The molecule has 0 aromatic rings. The number of rotatable bonds is 5. The zero-order valence-corrected chi connectivity index (χ0v) is 11.8. The summed E-state index contributed by atoms with van der Waals surface area (Å²) >= 11 is 0. The van der Waals surface area contributed by atoms with Crippen LogP contribution in [0, 0.1) is 0 Å². The van der Waals surface area contributed by atoms with Gasteiger partial charge in [0, 0.05) is 32.3 Å². The highest BCUT2D eigenvalue weighted by molar-refractivity contribution is 5.78. The molecule has 6 nitrogen and oxygen atoms in total. The fraction of sp³-hybridized carbons (Fsp3) is 0.714. The first-order valence-corrected chi connectivity index (χ1v) is 7.33. The number of hydrogen-bond donors (Lipinski definition) is 2. The molecule has 0 atom stereocenters. The van der Waals surface area contributed by atoms with Crippen molar-refractivity contribution >= 4 is 11.9 Å². The highest BCUT2D eigenvalue weighted by atomic mass is 16.5. The summed E-state index contributed by atoms with van der Waals surface area (Å²) < 4.78 is 5.24.